The van der Waals surface area contributed by atoms with E-state index in [0.29, 0.717) is 25.3 Å². The molecule has 1 fully saturated rings. The van der Waals surface area contributed by atoms with Crippen molar-refractivity contribution in [3.05, 3.63) is 22.2 Å². The standard InChI is InChI=1S/C12H18N4O4S/c1-2-13-11-4-3-10(16(17)18)12(15-11)14-7-9-5-6-21(19,20)8-9/h3-4,9H,2,5-8H2,1H3,(H2,13,14,15). The molecular formula is C12H18N4O4S. The Morgan fingerprint density at radius 2 is 2.19 bits per heavy atom. The monoisotopic (exact) mass is 314 g/mol. The molecule has 2 N–H and O–H groups in total. The maximum atomic E-state index is 11.4. The van der Waals surface area contributed by atoms with Crippen molar-refractivity contribution in [1.82, 2.24) is 4.98 Å². The molecule has 0 aliphatic carbocycles. The van der Waals surface area contributed by atoms with Gasteiger partial charge in [0.15, 0.2) is 9.84 Å². The first-order valence-electron chi connectivity index (χ1n) is 6.75. The van der Waals surface area contributed by atoms with Crippen molar-refractivity contribution in [2.75, 3.05) is 35.2 Å². The van der Waals surface area contributed by atoms with Crippen molar-refractivity contribution in [3.63, 3.8) is 0 Å². The summed E-state index contributed by atoms with van der Waals surface area (Å²) in [6.45, 7) is 2.92. The number of rotatable bonds is 6. The highest BCUT2D eigenvalue weighted by molar-refractivity contribution is 7.91. The molecule has 1 aliphatic heterocycles. The van der Waals surface area contributed by atoms with Crippen molar-refractivity contribution in [3.8, 4) is 0 Å². The third kappa shape index (κ3) is 4.03. The molecule has 1 atom stereocenters. The van der Waals surface area contributed by atoms with E-state index in [2.05, 4.69) is 15.6 Å². The van der Waals surface area contributed by atoms with Crippen LogP contribution in [0.25, 0.3) is 0 Å². The van der Waals surface area contributed by atoms with Crippen LogP contribution in [-0.2, 0) is 9.84 Å². The molecule has 1 unspecified atom stereocenters. The van der Waals surface area contributed by atoms with Crippen LogP contribution in [0.2, 0.25) is 0 Å². The summed E-state index contributed by atoms with van der Waals surface area (Å²) in [5.41, 5.74) is -0.113. The lowest BCUT2D eigenvalue weighted by Crippen LogP contribution is -2.17. The third-order valence-corrected chi connectivity index (χ3v) is 5.15. The first-order chi connectivity index (χ1) is 9.91. The maximum Gasteiger partial charge on any atom is 0.311 e. The number of anilines is 2. The summed E-state index contributed by atoms with van der Waals surface area (Å²) in [4.78, 5) is 14.7. The highest BCUT2D eigenvalue weighted by Gasteiger charge is 2.28. The largest absolute Gasteiger partial charge is 0.370 e. The zero-order valence-corrected chi connectivity index (χ0v) is 12.5. The first kappa shape index (κ1) is 15.5. The number of sulfone groups is 1. The maximum absolute atomic E-state index is 11.4. The molecule has 0 aromatic carbocycles. The number of aromatic nitrogens is 1. The van der Waals surface area contributed by atoms with Gasteiger partial charge in [0, 0.05) is 19.2 Å². The van der Waals surface area contributed by atoms with Crippen LogP contribution in [0, 0.1) is 16.0 Å². The molecule has 2 rings (SSSR count). The summed E-state index contributed by atoms with van der Waals surface area (Å²) in [5, 5.41) is 16.9. The lowest BCUT2D eigenvalue weighted by Gasteiger charge is -2.11. The van der Waals surface area contributed by atoms with Crippen molar-refractivity contribution in [2.24, 2.45) is 5.92 Å². The van der Waals surface area contributed by atoms with Crippen LogP contribution in [-0.4, -0.2) is 42.9 Å². The topological polar surface area (TPSA) is 114 Å². The van der Waals surface area contributed by atoms with Gasteiger partial charge in [-0.2, -0.15) is 0 Å². The van der Waals surface area contributed by atoms with Crippen molar-refractivity contribution in [2.45, 2.75) is 13.3 Å². The third-order valence-electron chi connectivity index (χ3n) is 3.31. The Labute approximate surface area is 123 Å². The van der Waals surface area contributed by atoms with Crippen LogP contribution in [0.15, 0.2) is 12.1 Å². The molecule has 0 spiro atoms. The predicted molar refractivity (Wildman–Crippen MR) is 80.3 cm³/mol. The molecule has 1 aromatic heterocycles. The molecule has 1 aromatic rings. The number of nitro groups is 1. The van der Waals surface area contributed by atoms with Crippen LogP contribution in [0.4, 0.5) is 17.3 Å². The van der Waals surface area contributed by atoms with Crippen LogP contribution in [0.5, 0.6) is 0 Å². The van der Waals surface area contributed by atoms with E-state index >= 15 is 0 Å². The van der Waals surface area contributed by atoms with Gasteiger partial charge >= 0.3 is 5.69 Å². The Morgan fingerprint density at radius 1 is 1.43 bits per heavy atom. The molecular weight excluding hydrogens is 296 g/mol. The van der Waals surface area contributed by atoms with E-state index in [1.165, 1.54) is 6.07 Å². The van der Waals surface area contributed by atoms with Crippen LogP contribution < -0.4 is 10.6 Å². The van der Waals surface area contributed by atoms with Gasteiger partial charge in [0.2, 0.25) is 5.82 Å². The van der Waals surface area contributed by atoms with E-state index in [9.17, 15) is 18.5 Å². The molecule has 0 saturated carbocycles. The Balaban J connectivity index is 2.10. The number of nitrogens with one attached hydrogen (secondary N) is 2. The zero-order valence-electron chi connectivity index (χ0n) is 11.7. The Kier molecular flexibility index (Phi) is 4.61. The smallest absolute Gasteiger partial charge is 0.311 e. The first-order valence-corrected chi connectivity index (χ1v) is 8.57. The summed E-state index contributed by atoms with van der Waals surface area (Å²) < 4.78 is 22.8. The van der Waals surface area contributed by atoms with E-state index in [1.807, 2.05) is 6.92 Å². The van der Waals surface area contributed by atoms with E-state index in [-0.39, 0.29) is 28.9 Å². The van der Waals surface area contributed by atoms with E-state index in [0.717, 1.165) is 0 Å². The molecule has 0 amide bonds. The number of hydrogen-bond donors (Lipinski definition) is 2. The molecule has 21 heavy (non-hydrogen) atoms. The number of hydrogen-bond acceptors (Lipinski definition) is 7. The van der Waals surface area contributed by atoms with Gasteiger partial charge in [0.1, 0.15) is 5.82 Å². The van der Waals surface area contributed by atoms with Crippen molar-refractivity contribution in [1.29, 1.82) is 0 Å². The summed E-state index contributed by atoms with van der Waals surface area (Å²) >= 11 is 0. The summed E-state index contributed by atoms with van der Waals surface area (Å²) in [7, 11) is -2.95. The highest BCUT2D eigenvalue weighted by Crippen LogP contribution is 2.25. The Morgan fingerprint density at radius 3 is 2.76 bits per heavy atom. The normalized spacial score (nSPS) is 20.1. The highest BCUT2D eigenvalue weighted by atomic mass is 32.2. The van der Waals surface area contributed by atoms with Gasteiger partial charge in [-0.05, 0) is 25.3 Å². The fraction of sp³-hybridized carbons (Fsp3) is 0.583. The fourth-order valence-electron chi connectivity index (χ4n) is 2.28. The summed E-state index contributed by atoms with van der Waals surface area (Å²) in [6.07, 6.45) is 0.579. The molecule has 0 bridgehead atoms. The van der Waals surface area contributed by atoms with Gasteiger partial charge < -0.3 is 10.6 Å². The van der Waals surface area contributed by atoms with E-state index < -0.39 is 14.8 Å². The van der Waals surface area contributed by atoms with Gasteiger partial charge in [0.25, 0.3) is 0 Å². The van der Waals surface area contributed by atoms with Gasteiger partial charge in [-0.3, -0.25) is 10.1 Å². The number of nitrogens with zero attached hydrogens (tertiary/aromatic N) is 2. The summed E-state index contributed by atoms with van der Waals surface area (Å²) in [6, 6.07) is 2.94. The van der Waals surface area contributed by atoms with Gasteiger partial charge in [0.05, 0.1) is 16.4 Å². The van der Waals surface area contributed by atoms with E-state index in [1.54, 1.807) is 6.07 Å². The SMILES string of the molecule is CCNc1ccc([N+](=O)[O-])c(NCC2CCS(=O)(=O)C2)n1. The van der Waals surface area contributed by atoms with Crippen LogP contribution >= 0.6 is 0 Å². The molecule has 1 saturated heterocycles. The Hall–Kier alpha value is -1.90. The van der Waals surface area contributed by atoms with Gasteiger partial charge in [-0.15, -0.1) is 0 Å². The second kappa shape index (κ2) is 6.25. The average molecular weight is 314 g/mol. The molecule has 8 nitrogen and oxygen atoms in total. The zero-order chi connectivity index (χ0) is 15.5. The summed E-state index contributed by atoms with van der Waals surface area (Å²) in [5.74, 6) is 0.999. The molecule has 0 radical (unpaired) electrons. The van der Waals surface area contributed by atoms with Crippen molar-refractivity contribution >= 4 is 27.2 Å². The van der Waals surface area contributed by atoms with Crippen LogP contribution in [0.1, 0.15) is 13.3 Å². The minimum absolute atomic E-state index is 0.0285. The lowest BCUT2D eigenvalue weighted by atomic mass is 10.1. The minimum atomic E-state index is -2.95. The van der Waals surface area contributed by atoms with Gasteiger partial charge in [-0.1, -0.05) is 0 Å². The minimum Gasteiger partial charge on any atom is -0.370 e. The number of pyridine rings is 1. The second-order valence-electron chi connectivity index (χ2n) is 5.00. The van der Waals surface area contributed by atoms with Crippen molar-refractivity contribution < 1.29 is 13.3 Å². The fourth-order valence-corrected chi connectivity index (χ4v) is 4.14. The Bertz CT molecular complexity index is 632. The van der Waals surface area contributed by atoms with E-state index in [4.69, 9.17) is 0 Å². The molecule has 1 aliphatic rings. The van der Waals surface area contributed by atoms with Crippen LogP contribution in [0.3, 0.4) is 0 Å². The average Bonchev–Trinajstić information content (AvgIpc) is 2.76. The predicted octanol–water partition coefficient (Wildman–Crippen LogP) is 1.27. The molecule has 2 heterocycles. The molecule has 116 valence electrons. The molecule has 9 heteroatoms. The quantitative estimate of drug-likeness (QED) is 0.600. The second-order valence-corrected chi connectivity index (χ2v) is 7.23. The lowest BCUT2D eigenvalue weighted by molar-refractivity contribution is -0.384. The van der Waals surface area contributed by atoms with Gasteiger partial charge in [-0.25, -0.2) is 13.4 Å².